The van der Waals surface area contributed by atoms with Crippen LogP contribution in [0, 0.1) is 17.8 Å². The van der Waals surface area contributed by atoms with Crippen LogP contribution in [0.5, 0.6) is 0 Å². The lowest BCUT2D eigenvalue weighted by Crippen LogP contribution is -2.30. The summed E-state index contributed by atoms with van der Waals surface area (Å²) in [5.41, 5.74) is 4.95. The molecule has 0 bridgehead atoms. The highest BCUT2D eigenvalue weighted by Crippen LogP contribution is 2.32. The molecule has 2 aliphatic carbocycles. The summed E-state index contributed by atoms with van der Waals surface area (Å²) >= 11 is 0. The SMILES string of the molecule is CC1CCCCC1C(=O)Nc1ccc2cc(-c3ccc(NCC(=O)C4CCCCC4)cc3)[nH]c2c1. The second kappa shape index (κ2) is 10.7. The number of ketones is 1. The fourth-order valence-electron chi connectivity index (χ4n) is 5.83. The Balaban J connectivity index is 1.22. The Morgan fingerprint density at radius 1 is 0.857 bits per heavy atom. The van der Waals surface area contributed by atoms with Crippen LogP contribution in [0.15, 0.2) is 48.5 Å². The number of amides is 1. The molecule has 0 radical (unpaired) electrons. The monoisotopic (exact) mass is 471 g/mol. The molecule has 2 aliphatic rings. The number of fused-ring (bicyclic) bond motifs is 1. The molecule has 2 atom stereocenters. The first-order valence-electron chi connectivity index (χ1n) is 13.4. The van der Waals surface area contributed by atoms with E-state index in [1.807, 2.05) is 24.3 Å². The van der Waals surface area contributed by atoms with Crippen molar-refractivity contribution in [3.8, 4) is 11.3 Å². The van der Waals surface area contributed by atoms with E-state index in [9.17, 15) is 9.59 Å². The topological polar surface area (TPSA) is 74.0 Å². The highest BCUT2D eigenvalue weighted by atomic mass is 16.2. The molecule has 0 saturated heterocycles. The molecule has 35 heavy (non-hydrogen) atoms. The smallest absolute Gasteiger partial charge is 0.227 e. The average molecular weight is 472 g/mol. The van der Waals surface area contributed by atoms with Gasteiger partial charge in [-0.2, -0.15) is 0 Å². The maximum absolute atomic E-state index is 12.8. The lowest BCUT2D eigenvalue weighted by atomic mass is 9.80. The summed E-state index contributed by atoms with van der Waals surface area (Å²) < 4.78 is 0. The number of Topliss-reactive ketones (excluding diaryl/α,β-unsaturated/α-hetero) is 1. The number of carbonyl (C=O) groups is 2. The Bertz CT molecular complexity index is 1170. The van der Waals surface area contributed by atoms with Crippen LogP contribution in [-0.2, 0) is 9.59 Å². The molecule has 5 rings (SSSR count). The molecule has 1 aromatic heterocycles. The largest absolute Gasteiger partial charge is 0.378 e. The third-order valence-corrected chi connectivity index (χ3v) is 8.06. The fraction of sp³-hybridized carbons (Fsp3) is 0.467. The minimum absolute atomic E-state index is 0.115. The zero-order chi connectivity index (χ0) is 24.2. The Morgan fingerprint density at radius 2 is 1.57 bits per heavy atom. The predicted octanol–water partition coefficient (Wildman–Crippen LogP) is 7.16. The first kappa shape index (κ1) is 23.7. The van der Waals surface area contributed by atoms with Gasteiger partial charge in [-0.3, -0.25) is 9.59 Å². The first-order valence-corrected chi connectivity index (χ1v) is 13.4. The number of carbonyl (C=O) groups excluding carboxylic acids is 2. The molecule has 5 heteroatoms. The lowest BCUT2D eigenvalue weighted by Gasteiger charge is -2.27. The van der Waals surface area contributed by atoms with Crippen LogP contribution in [0.4, 0.5) is 11.4 Å². The third-order valence-electron chi connectivity index (χ3n) is 8.06. The molecule has 5 nitrogen and oxygen atoms in total. The molecule has 0 aliphatic heterocycles. The van der Waals surface area contributed by atoms with E-state index in [1.165, 1.54) is 25.7 Å². The van der Waals surface area contributed by atoms with Crippen LogP contribution in [0.1, 0.15) is 64.7 Å². The molecule has 2 fully saturated rings. The zero-order valence-electron chi connectivity index (χ0n) is 20.7. The summed E-state index contributed by atoms with van der Waals surface area (Å²) in [7, 11) is 0. The Hall–Kier alpha value is -3.08. The van der Waals surface area contributed by atoms with E-state index >= 15 is 0 Å². The van der Waals surface area contributed by atoms with Gasteiger partial charge in [0.05, 0.1) is 6.54 Å². The quantitative estimate of drug-likeness (QED) is 0.342. The van der Waals surface area contributed by atoms with Crippen molar-refractivity contribution in [1.82, 2.24) is 4.98 Å². The van der Waals surface area contributed by atoms with Gasteiger partial charge in [0.1, 0.15) is 0 Å². The summed E-state index contributed by atoms with van der Waals surface area (Å²) in [6.45, 7) is 2.60. The van der Waals surface area contributed by atoms with Crippen LogP contribution in [0.3, 0.4) is 0 Å². The van der Waals surface area contributed by atoms with Gasteiger partial charge in [0, 0.05) is 39.8 Å². The van der Waals surface area contributed by atoms with Gasteiger partial charge in [-0.1, -0.05) is 57.2 Å². The van der Waals surface area contributed by atoms with Gasteiger partial charge < -0.3 is 15.6 Å². The van der Waals surface area contributed by atoms with Crippen LogP contribution in [-0.4, -0.2) is 23.2 Å². The molecule has 1 amide bonds. The van der Waals surface area contributed by atoms with Gasteiger partial charge >= 0.3 is 0 Å². The van der Waals surface area contributed by atoms with E-state index < -0.39 is 0 Å². The van der Waals surface area contributed by atoms with E-state index in [2.05, 4.69) is 46.8 Å². The van der Waals surface area contributed by atoms with E-state index in [0.29, 0.717) is 18.2 Å². The summed E-state index contributed by atoms with van der Waals surface area (Å²) in [6, 6.07) is 16.4. The number of aromatic amines is 1. The van der Waals surface area contributed by atoms with E-state index in [-0.39, 0.29) is 17.7 Å². The van der Waals surface area contributed by atoms with Crippen molar-refractivity contribution in [3.63, 3.8) is 0 Å². The highest BCUT2D eigenvalue weighted by molar-refractivity contribution is 5.96. The maximum Gasteiger partial charge on any atom is 0.227 e. The summed E-state index contributed by atoms with van der Waals surface area (Å²) in [5.74, 6) is 1.29. The molecule has 2 unspecified atom stereocenters. The number of hydrogen-bond donors (Lipinski definition) is 3. The third kappa shape index (κ3) is 5.61. The minimum atomic E-state index is 0.115. The molecule has 3 aromatic rings. The van der Waals surface area contributed by atoms with Gasteiger partial charge in [-0.05, 0) is 67.5 Å². The van der Waals surface area contributed by atoms with Crippen molar-refractivity contribution in [2.75, 3.05) is 17.2 Å². The van der Waals surface area contributed by atoms with Gasteiger partial charge in [-0.15, -0.1) is 0 Å². The molecule has 0 spiro atoms. The number of benzene rings is 2. The predicted molar refractivity (Wildman–Crippen MR) is 144 cm³/mol. The van der Waals surface area contributed by atoms with Crippen LogP contribution < -0.4 is 10.6 Å². The van der Waals surface area contributed by atoms with Crippen molar-refractivity contribution in [1.29, 1.82) is 0 Å². The van der Waals surface area contributed by atoms with Crippen molar-refractivity contribution in [2.24, 2.45) is 17.8 Å². The molecule has 184 valence electrons. The van der Waals surface area contributed by atoms with Crippen molar-refractivity contribution < 1.29 is 9.59 Å². The standard InChI is InChI=1S/C30H37N3O2/c1-20-7-5-6-10-26(20)30(35)32-25-16-13-23-17-27(33-28(23)18-25)21-11-14-24(15-12-21)31-19-29(34)22-8-3-2-4-9-22/h11-18,20,22,26,31,33H,2-10,19H2,1H3,(H,32,35). The average Bonchev–Trinajstić information content (AvgIpc) is 3.32. The van der Waals surface area contributed by atoms with Crippen molar-refractivity contribution in [3.05, 3.63) is 48.5 Å². The Morgan fingerprint density at radius 3 is 2.34 bits per heavy atom. The Labute approximate surface area is 208 Å². The minimum Gasteiger partial charge on any atom is -0.378 e. The number of rotatable bonds is 7. The second-order valence-corrected chi connectivity index (χ2v) is 10.6. The van der Waals surface area contributed by atoms with Crippen LogP contribution in [0.25, 0.3) is 22.2 Å². The van der Waals surface area contributed by atoms with Gasteiger partial charge in [0.25, 0.3) is 0 Å². The molecule has 1 heterocycles. The molecular weight excluding hydrogens is 434 g/mol. The van der Waals surface area contributed by atoms with Gasteiger partial charge in [-0.25, -0.2) is 0 Å². The fourth-order valence-corrected chi connectivity index (χ4v) is 5.83. The summed E-state index contributed by atoms with van der Waals surface area (Å²) in [4.78, 5) is 28.8. The molecular formula is C30H37N3O2. The van der Waals surface area contributed by atoms with E-state index in [4.69, 9.17) is 0 Å². The molecule has 2 aromatic carbocycles. The van der Waals surface area contributed by atoms with Crippen LogP contribution in [0.2, 0.25) is 0 Å². The molecule has 2 saturated carbocycles. The zero-order valence-corrected chi connectivity index (χ0v) is 20.7. The number of hydrogen-bond acceptors (Lipinski definition) is 3. The van der Waals surface area contributed by atoms with E-state index in [0.717, 1.165) is 65.6 Å². The molecule has 3 N–H and O–H groups in total. The van der Waals surface area contributed by atoms with E-state index in [1.54, 1.807) is 0 Å². The summed E-state index contributed by atoms with van der Waals surface area (Å²) in [6.07, 6.45) is 10.2. The van der Waals surface area contributed by atoms with Crippen LogP contribution >= 0.6 is 0 Å². The maximum atomic E-state index is 12.8. The number of anilines is 2. The van der Waals surface area contributed by atoms with Gasteiger partial charge in [0.2, 0.25) is 5.91 Å². The Kier molecular flexibility index (Phi) is 7.21. The number of H-pyrrole nitrogens is 1. The van der Waals surface area contributed by atoms with Gasteiger partial charge in [0.15, 0.2) is 5.78 Å². The summed E-state index contributed by atoms with van der Waals surface area (Å²) in [5, 5.41) is 7.56. The normalized spacial score (nSPS) is 21.1. The highest BCUT2D eigenvalue weighted by Gasteiger charge is 2.27. The number of nitrogens with one attached hydrogen (secondary N) is 3. The second-order valence-electron chi connectivity index (χ2n) is 10.6. The number of aromatic nitrogens is 1. The lowest BCUT2D eigenvalue weighted by molar-refractivity contribution is -0.122. The first-order chi connectivity index (χ1) is 17.1. The van der Waals surface area contributed by atoms with Crippen molar-refractivity contribution in [2.45, 2.75) is 64.7 Å². The van der Waals surface area contributed by atoms with Crippen molar-refractivity contribution >= 4 is 34.0 Å².